The molecule has 0 saturated carbocycles. The summed E-state index contributed by atoms with van der Waals surface area (Å²) in [5.74, 6) is 0.0907. The standard InChI is InChI=1S/C8H15NO2/c1-8(2,3)7(10)9-4-6-5-11-6/h6H,4-5H2,1-3H3,(H,9,10)/t6-/m1/s1. The summed E-state index contributed by atoms with van der Waals surface area (Å²) in [6, 6.07) is 0. The van der Waals surface area contributed by atoms with Crippen molar-refractivity contribution < 1.29 is 9.53 Å². The van der Waals surface area contributed by atoms with Gasteiger partial charge in [0, 0.05) is 12.0 Å². The zero-order chi connectivity index (χ0) is 8.48. The maximum absolute atomic E-state index is 11.2. The summed E-state index contributed by atoms with van der Waals surface area (Å²) < 4.78 is 4.96. The van der Waals surface area contributed by atoms with Crippen molar-refractivity contribution in [3.63, 3.8) is 0 Å². The molecule has 3 nitrogen and oxygen atoms in total. The first-order valence-corrected chi connectivity index (χ1v) is 3.90. The van der Waals surface area contributed by atoms with E-state index in [4.69, 9.17) is 4.74 Å². The van der Waals surface area contributed by atoms with Gasteiger partial charge in [-0.15, -0.1) is 0 Å². The predicted molar refractivity (Wildman–Crippen MR) is 42.2 cm³/mol. The van der Waals surface area contributed by atoms with Gasteiger partial charge < -0.3 is 10.1 Å². The number of carbonyl (C=O) groups is 1. The van der Waals surface area contributed by atoms with Crippen molar-refractivity contribution in [1.29, 1.82) is 0 Å². The van der Waals surface area contributed by atoms with E-state index < -0.39 is 0 Å². The van der Waals surface area contributed by atoms with E-state index in [9.17, 15) is 4.79 Å². The van der Waals surface area contributed by atoms with Crippen LogP contribution in [0, 0.1) is 5.41 Å². The molecule has 1 rings (SSSR count). The molecule has 11 heavy (non-hydrogen) atoms. The van der Waals surface area contributed by atoms with Crippen molar-refractivity contribution in [2.75, 3.05) is 13.2 Å². The van der Waals surface area contributed by atoms with Gasteiger partial charge in [0.25, 0.3) is 0 Å². The summed E-state index contributed by atoms with van der Waals surface area (Å²) in [6.07, 6.45) is 0.279. The molecule has 1 fully saturated rings. The van der Waals surface area contributed by atoms with Gasteiger partial charge in [0.05, 0.1) is 12.7 Å². The molecule has 0 aromatic rings. The van der Waals surface area contributed by atoms with Crippen molar-refractivity contribution in [3.05, 3.63) is 0 Å². The predicted octanol–water partition coefficient (Wildman–Crippen LogP) is 0.547. The molecular formula is C8H15NO2. The van der Waals surface area contributed by atoms with E-state index in [2.05, 4.69) is 5.32 Å². The van der Waals surface area contributed by atoms with Crippen molar-refractivity contribution in [1.82, 2.24) is 5.32 Å². The minimum absolute atomic E-state index is 0.0907. The Morgan fingerprint density at radius 3 is 2.55 bits per heavy atom. The Bertz CT molecular complexity index is 156. The number of ether oxygens (including phenoxy) is 1. The number of amides is 1. The highest BCUT2D eigenvalue weighted by Gasteiger charge is 2.26. The van der Waals surface area contributed by atoms with Crippen LogP contribution in [0.1, 0.15) is 20.8 Å². The summed E-state index contributed by atoms with van der Waals surface area (Å²) in [5, 5.41) is 2.82. The van der Waals surface area contributed by atoms with E-state index in [1.54, 1.807) is 0 Å². The van der Waals surface area contributed by atoms with Crippen LogP contribution in [0.3, 0.4) is 0 Å². The van der Waals surface area contributed by atoms with Gasteiger partial charge >= 0.3 is 0 Å². The molecule has 64 valence electrons. The normalized spacial score (nSPS) is 23.0. The molecule has 0 aromatic heterocycles. The van der Waals surface area contributed by atoms with Crippen LogP contribution in [-0.2, 0) is 9.53 Å². The van der Waals surface area contributed by atoms with Gasteiger partial charge in [-0.25, -0.2) is 0 Å². The van der Waals surface area contributed by atoms with Crippen molar-refractivity contribution in [2.45, 2.75) is 26.9 Å². The highest BCUT2D eigenvalue weighted by atomic mass is 16.6. The van der Waals surface area contributed by atoms with E-state index in [1.807, 2.05) is 20.8 Å². The smallest absolute Gasteiger partial charge is 0.225 e. The zero-order valence-electron chi connectivity index (χ0n) is 7.31. The molecule has 3 heteroatoms. The molecule has 1 saturated heterocycles. The third-order valence-corrected chi connectivity index (χ3v) is 1.57. The number of epoxide rings is 1. The third-order valence-electron chi connectivity index (χ3n) is 1.57. The summed E-state index contributed by atoms with van der Waals surface area (Å²) in [6.45, 7) is 7.16. The SMILES string of the molecule is CC(C)(C)C(=O)NC[C@@H]1CO1. The van der Waals surface area contributed by atoms with E-state index in [-0.39, 0.29) is 17.4 Å². The van der Waals surface area contributed by atoms with Crippen molar-refractivity contribution in [2.24, 2.45) is 5.41 Å². The summed E-state index contributed by atoms with van der Waals surface area (Å²) in [4.78, 5) is 11.2. The molecule has 1 amide bonds. The lowest BCUT2D eigenvalue weighted by Gasteiger charge is -2.16. The Balaban J connectivity index is 2.19. The zero-order valence-corrected chi connectivity index (χ0v) is 7.31. The average molecular weight is 157 g/mol. The number of carbonyl (C=O) groups excluding carboxylic acids is 1. The summed E-state index contributed by atoms with van der Waals surface area (Å²) in [5.41, 5.74) is -0.283. The fourth-order valence-electron chi connectivity index (χ4n) is 0.658. The Morgan fingerprint density at radius 1 is 1.64 bits per heavy atom. The number of nitrogens with one attached hydrogen (secondary N) is 1. The topological polar surface area (TPSA) is 41.6 Å². The molecular weight excluding hydrogens is 142 g/mol. The number of hydrogen-bond acceptors (Lipinski definition) is 2. The van der Waals surface area contributed by atoms with E-state index >= 15 is 0 Å². The van der Waals surface area contributed by atoms with Crippen LogP contribution >= 0.6 is 0 Å². The Kier molecular flexibility index (Phi) is 2.18. The third kappa shape index (κ3) is 2.89. The molecule has 0 radical (unpaired) electrons. The van der Waals surface area contributed by atoms with E-state index in [1.165, 1.54) is 0 Å². The number of rotatable bonds is 2. The second-order valence-electron chi connectivity index (χ2n) is 3.92. The van der Waals surface area contributed by atoms with Crippen molar-refractivity contribution in [3.8, 4) is 0 Å². The maximum atomic E-state index is 11.2. The van der Waals surface area contributed by atoms with Gasteiger partial charge in [-0.2, -0.15) is 0 Å². The van der Waals surface area contributed by atoms with E-state index in [0.717, 1.165) is 6.61 Å². The van der Waals surface area contributed by atoms with Crippen molar-refractivity contribution >= 4 is 5.91 Å². The summed E-state index contributed by atoms with van der Waals surface area (Å²) in [7, 11) is 0. The molecule has 1 aliphatic rings. The molecule has 1 aliphatic heterocycles. The average Bonchev–Trinajstić information content (AvgIpc) is 2.62. The molecule has 0 unspecified atom stereocenters. The van der Waals surface area contributed by atoms with Crippen LogP contribution in [-0.4, -0.2) is 25.2 Å². The largest absolute Gasteiger partial charge is 0.371 e. The van der Waals surface area contributed by atoms with Gasteiger partial charge in [0.1, 0.15) is 0 Å². The first kappa shape index (κ1) is 8.53. The highest BCUT2D eigenvalue weighted by Crippen LogP contribution is 2.13. The van der Waals surface area contributed by atoms with Crippen LogP contribution in [0.15, 0.2) is 0 Å². The molecule has 0 bridgehead atoms. The van der Waals surface area contributed by atoms with Crippen LogP contribution in [0.5, 0.6) is 0 Å². The molecule has 1 N–H and O–H groups in total. The molecule has 0 aliphatic carbocycles. The monoisotopic (exact) mass is 157 g/mol. The fraction of sp³-hybridized carbons (Fsp3) is 0.875. The minimum Gasteiger partial charge on any atom is -0.371 e. The van der Waals surface area contributed by atoms with Gasteiger partial charge in [-0.1, -0.05) is 20.8 Å². The Labute approximate surface area is 67.1 Å². The van der Waals surface area contributed by atoms with Gasteiger partial charge in [-0.3, -0.25) is 4.79 Å². The molecule has 0 aromatic carbocycles. The highest BCUT2D eigenvalue weighted by molar-refractivity contribution is 5.81. The number of hydrogen-bond donors (Lipinski definition) is 1. The minimum atomic E-state index is -0.283. The van der Waals surface area contributed by atoms with Gasteiger partial charge in [0.15, 0.2) is 0 Å². The lowest BCUT2D eigenvalue weighted by molar-refractivity contribution is -0.128. The van der Waals surface area contributed by atoms with Gasteiger partial charge in [-0.05, 0) is 0 Å². The quantitative estimate of drug-likeness (QED) is 0.595. The van der Waals surface area contributed by atoms with E-state index in [0.29, 0.717) is 6.54 Å². The van der Waals surface area contributed by atoms with Crippen LogP contribution in [0.25, 0.3) is 0 Å². The second kappa shape index (κ2) is 2.81. The summed E-state index contributed by atoms with van der Waals surface area (Å²) >= 11 is 0. The second-order valence-corrected chi connectivity index (χ2v) is 3.92. The first-order chi connectivity index (χ1) is 5.00. The van der Waals surface area contributed by atoms with Gasteiger partial charge in [0.2, 0.25) is 5.91 Å². The lowest BCUT2D eigenvalue weighted by Crippen LogP contribution is -2.36. The van der Waals surface area contributed by atoms with Crippen LogP contribution in [0.4, 0.5) is 0 Å². The first-order valence-electron chi connectivity index (χ1n) is 3.90. The molecule has 1 atom stereocenters. The Hall–Kier alpha value is -0.570. The Morgan fingerprint density at radius 2 is 2.18 bits per heavy atom. The lowest BCUT2D eigenvalue weighted by atomic mass is 9.96. The fourth-order valence-corrected chi connectivity index (χ4v) is 0.658. The van der Waals surface area contributed by atoms with Crippen LogP contribution < -0.4 is 5.32 Å². The maximum Gasteiger partial charge on any atom is 0.225 e. The molecule has 0 spiro atoms. The van der Waals surface area contributed by atoms with Crippen LogP contribution in [0.2, 0.25) is 0 Å². The molecule has 1 heterocycles.